The molecular weight excluding hydrogens is 454 g/mol. The molecule has 184 valence electrons. The highest BCUT2D eigenvalue weighted by Gasteiger charge is 2.37. The highest BCUT2D eigenvalue weighted by atomic mass is 19.3. The average Bonchev–Trinajstić information content (AvgIpc) is 2.84. The quantitative estimate of drug-likeness (QED) is 0.518. The van der Waals surface area contributed by atoms with Crippen LogP contribution in [-0.2, 0) is 10.4 Å². The van der Waals surface area contributed by atoms with Crippen LogP contribution in [0.2, 0.25) is 0 Å². The molecule has 0 aliphatic heterocycles. The second kappa shape index (κ2) is 10.0. The number of aromatic nitrogens is 3. The molecule has 4 rings (SSSR count). The number of alkyl halides is 2. The minimum Gasteiger partial charge on any atom is -0.550 e. The van der Waals surface area contributed by atoms with Gasteiger partial charge in [0.15, 0.2) is 0 Å². The summed E-state index contributed by atoms with van der Waals surface area (Å²) >= 11 is 0. The molecule has 0 aromatic carbocycles. The van der Waals surface area contributed by atoms with E-state index >= 15 is 0 Å². The normalized spacial score (nSPS) is 19.8. The van der Waals surface area contributed by atoms with Gasteiger partial charge in [-0.2, -0.15) is 0 Å². The van der Waals surface area contributed by atoms with Gasteiger partial charge in [0.2, 0.25) is 0 Å². The Kier molecular flexibility index (Phi) is 7.07. The molecule has 3 heterocycles. The smallest absolute Gasteiger partial charge is 0.264 e. The number of rotatable bonds is 7. The molecule has 1 atom stereocenters. The van der Waals surface area contributed by atoms with Gasteiger partial charge in [-0.3, -0.25) is 4.98 Å². The Labute approximate surface area is 202 Å². The fourth-order valence-corrected chi connectivity index (χ4v) is 4.61. The van der Waals surface area contributed by atoms with Crippen LogP contribution in [0.15, 0.2) is 48.8 Å². The van der Waals surface area contributed by atoms with Crippen molar-refractivity contribution >= 4 is 17.6 Å². The summed E-state index contributed by atoms with van der Waals surface area (Å²) < 4.78 is 26.0. The lowest BCUT2D eigenvalue weighted by Gasteiger charge is -2.38. The minimum absolute atomic E-state index is 0.0964. The van der Waals surface area contributed by atoms with Crippen molar-refractivity contribution in [2.24, 2.45) is 11.8 Å². The van der Waals surface area contributed by atoms with Crippen LogP contribution in [0, 0.1) is 18.8 Å². The number of hydrogen-bond donors (Lipinski definition) is 2. The average molecular weight is 482 g/mol. The number of nitrogens with zero attached hydrogens (tertiary/aromatic N) is 3. The van der Waals surface area contributed by atoms with Crippen LogP contribution in [0.1, 0.15) is 55.9 Å². The molecule has 1 aliphatic rings. The maximum Gasteiger partial charge on any atom is 0.264 e. The highest BCUT2D eigenvalue weighted by Crippen LogP contribution is 2.40. The standard InChI is InChI=1S/C26H28F2N4O3/c1-15-11-20(31-23(12-15)32-22-13-17(24(27)28)9-10-29-22)18-5-8-21(30-14-18)26(2,35)19-6-3-16(4-7-19)25(33)34/h5,8-14,16,19,24,35H,3-4,6-7H2,1-2H3,(H,33,34)(H,29,31,32)/p-1/t16?,19?,26-/m1/s1. The molecule has 1 saturated carbocycles. The molecule has 3 aromatic heterocycles. The van der Waals surface area contributed by atoms with E-state index in [9.17, 15) is 23.8 Å². The van der Waals surface area contributed by atoms with Crippen LogP contribution >= 0.6 is 0 Å². The molecule has 0 unspecified atom stereocenters. The number of aliphatic hydroxyl groups is 1. The van der Waals surface area contributed by atoms with Crippen molar-refractivity contribution in [3.05, 3.63) is 65.6 Å². The van der Waals surface area contributed by atoms with Gasteiger partial charge in [-0.25, -0.2) is 18.7 Å². The third kappa shape index (κ3) is 5.62. The van der Waals surface area contributed by atoms with E-state index < -0.39 is 23.9 Å². The van der Waals surface area contributed by atoms with Crippen LogP contribution in [0.25, 0.3) is 11.3 Å². The summed E-state index contributed by atoms with van der Waals surface area (Å²) in [7, 11) is 0. The molecule has 1 fully saturated rings. The van der Waals surface area contributed by atoms with Crippen molar-refractivity contribution < 1.29 is 23.8 Å². The third-order valence-electron chi connectivity index (χ3n) is 6.70. The minimum atomic E-state index is -2.59. The zero-order valence-electron chi connectivity index (χ0n) is 19.5. The number of carboxylic acid groups (broad SMARTS) is 1. The first kappa shape index (κ1) is 24.7. The number of carbonyl (C=O) groups is 1. The lowest BCUT2D eigenvalue weighted by Crippen LogP contribution is -2.39. The monoisotopic (exact) mass is 481 g/mol. The first-order valence-corrected chi connectivity index (χ1v) is 11.5. The Morgan fingerprint density at radius 2 is 1.86 bits per heavy atom. The van der Waals surface area contributed by atoms with Gasteiger partial charge in [0, 0.05) is 29.5 Å². The van der Waals surface area contributed by atoms with Crippen molar-refractivity contribution in [3.8, 4) is 11.3 Å². The summed E-state index contributed by atoms with van der Waals surface area (Å²) in [6, 6.07) is 9.80. The second-order valence-electron chi connectivity index (χ2n) is 9.26. The Morgan fingerprint density at radius 1 is 1.11 bits per heavy atom. The van der Waals surface area contributed by atoms with Gasteiger partial charge in [0.25, 0.3) is 6.43 Å². The molecule has 2 N–H and O–H groups in total. The number of aryl methyl sites for hydroxylation is 1. The molecular formula is C26H27F2N4O3-. The van der Waals surface area contributed by atoms with Crippen LogP contribution < -0.4 is 10.4 Å². The first-order valence-electron chi connectivity index (χ1n) is 11.5. The summed E-state index contributed by atoms with van der Waals surface area (Å²) in [5.74, 6) is -0.853. The highest BCUT2D eigenvalue weighted by molar-refractivity contribution is 5.67. The largest absolute Gasteiger partial charge is 0.550 e. The molecule has 0 amide bonds. The van der Waals surface area contributed by atoms with Crippen molar-refractivity contribution in [2.75, 3.05) is 5.32 Å². The summed E-state index contributed by atoms with van der Waals surface area (Å²) in [5.41, 5.74) is 1.46. The predicted molar refractivity (Wildman–Crippen MR) is 125 cm³/mol. The lowest BCUT2D eigenvalue weighted by atomic mass is 9.73. The van der Waals surface area contributed by atoms with E-state index in [2.05, 4.69) is 20.3 Å². The van der Waals surface area contributed by atoms with Gasteiger partial charge in [-0.15, -0.1) is 0 Å². The second-order valence-corrected chi connectivity index (χ2v) is 9.26. The molecule has 0 radical (unpaired) electrons. The molecule has 9 heteroatoms. The van der Waals surface area contributed by atoms with Crippen molar-refractivity contribution in [1.29, 1.82) is 0 Å². The van der Waals surface area contributed by atoms with E-state index in [1.54, 1.807) is 25.3 Å². The van der Waals surface area contributed by atoms with Crippen LogP contribution in [0.4, 0.5) is 20.4 Å². The van der Waals surface area contributed by atoms with Crippen LogP contribution in [0.3, 0.4) is 0 Å². The van der Waals surface area contributed by atoms with Crippen LogP contribution in [0.5, 0.6) is 0 Å². The summed E-state index contributed by atoms with van der Waals surface area (Å²) in [6.07, 6.45) is 2.51. The van der Waals surface area contributed by atoms with E-state index in [1.807, 2.05) is 19.1 Å². The maximum absolute atomic E-state index is 13.0. The molecule has 7 nitrogen and oxygen atoms in total. The molecule has 3 aromatic rings. The summed E-state index contributed by atoms with van der Waals surface area (Å²) in [6.45, 7) is 3.61. The Hall–Kier alpha value is -3.46. The van der Waals surface area contributed by atoms with Crippen LogP contribution in [-0.4, -0.2) is 26.0 Å². The molecule has 1 aliphatic carbocycles. The molecule has 0 bridgehead atoms. The number of nitrogens with one attached hydrogen (secondary N) is 1. The van der Waals surface area contributed by atoms with E-state index in [4.69, 9.17) is 0 Å². The maximum atomic E-state index is 13.0. The van der Waals surface area contributed by atoms with Crippen molar-refractivity contribution in [3.63, 3.8) is 0 Å². The molecule has 35 heavy (non-hydrogen) atoms. The number of carboxylic acids is 1. The molecule has 0 spiro atoms. The Balaban J connectivity index is 1.52. The summed E-state index contributed by atoms with van der Waals surface area (Å²) in [5, 5.41) is 25.3. The zero-order chi connectivity index (χ0) is 25.2. The third-order valence-corrected chi connectivity index (χ3v) is 6.70. The number of anilines is 2. The van der Waals surface area contributed by atoms with Gasteiger partial charge >= 0.3 is 0 Å². The van der Waals surface area contributed by atoms with Gasteiger partial charge in [0.05, 0.1) is 11.4 Å². The molecule has 0 saturated heterocycles. The number of carbonyl (C=O) groups excluding carboxylic acids is 1. The topological polar surface area (TPSA) is 111 Å². The first-order chi connectivity index (χ1) is 16.6. The lowest BCUT2D eigenvalue weighted by molar-refractivity contribution is -0.313. The van der Waals surface area contributed by atoms with Crippen molar-refractivity contribution in [1.82, 2.24) is 15.0 Å². The summed E-state index contributed by atoms with van der Waals surface area (Å²) in [4.78, 5) is 24.3. The number of aliphatic carboxylic acids is 1. The predicted octanol–water partition coefficient (Wildman–Crippen LogP) is 4.29. The van der Waals surface area contributed by atoms with Crippen molar-refractivity contribution in [2.45, 2.75) is 51.6 Å². The van der Waals surface area contributed by atoms with E-state index in [-0.39, 0.29) is 17.3 Å². The van der Waals surface area contributed by atoms with E-state index in [0.29, 0.717) is 42.9 Å². The van der Waals surface area contributed by atoms with Gasteiger partial charge in [-0.05, 0) is 93.3 Å². The fourth-order valence-electron chi connectivity index (χ4n) is 4.61. The number of pyridine rings is 3. The van der Waals surface area contributed by atoms with Gasteiger partial charge in [0.1, 0.15) is 17.2 Å². The number of halogens is 2. The van der Waals surface area contributed by atoms with E-state index in [0.717, 1.165) is 11.1 Å². The zero-order valence-corrected chi connectivity index (χ0v) is 19.5. The Bertz CT molecular complexity index is 1190. The number of hydrogen-bond acceptors (Lipinski definition) is 7. The Morgan fingerprint density at radius 3 is 2.49 bits per heavy atom. The fraction of sp³-hybridized carbons (Fsp3) is 0.385. The van der Waals surface area contributed by atoms with Gasteiger partial charge in [-0.1, -0.05) is 0 Å². The SMILES string of the molecule is Cc1cc(Nc2cc(C(F)F)ccn2)nc(-c2ccc([C@](C)(O)C3CCC(C(=O)[O-])CC3)nc2)c1. The van der Waals surface area contributed by atoms with Gasteiger partial charge < -0.3 is 20.3 Å². The van der Waals surface area contributed by atoms with E-state index in [1.165, 1.54) is 18.3 Å².